The van der Waals surface area contributed by atoms with Crippen molar-refractivity contribution >= 4 is 17.6 Å². The standard InChI is InChI=1S/C13H10F3N3OS/c14-13(15,16)10-7-8(4-5-9(10)12(17)19-20)21-11-3-1-2-6-18-11/h1-7,20H,(H2,17,19). The molecule has 0 saturated carbocycles. The quantitative estimate of drug-likeness (QED) is 0.394. The molecule has 0 atom stereocenters. The molecule has 4 nitrogen and oxygen atoms in total. The van der Waals surface area contributed by atoms with Crippen molar-refractivity contribution < 1.29 is 18.4 Å². The molecular weight excluding hydrogens is 303 g/mol. The van der Waals surface area contributed by atoms with Crippen LogP contribution in [0, 0.1) is 0 Å². The lowest BCUT2D eigenvalue weighted by molar-refractivity contribution is -0.137. The topological polar surface area (TPSA) is 71.5 Å². The summed E-state index contributed by atoms with van der Waals surface area (Å²) in [5, 5.41) is 11.8. The van der Waals surface area contributed by atoms with Gasteiger partial charge in [0.2, 0.25) is 0 Å². The number of nitrogens with zero attached hydrogens (tertiary/aromatic N) is 2. The van der Waals surface area contributed by atoms with Crippen molar-refractivity contribution in [3.63, 3.8) is 0 Å². The molecule has 0 saturated heterocycles. The Morgan fingerprint density at radius 3 is 2.57 bits per heavy atom. The molecule has 0 radical (unpaired) electrons. The van der Waals surface area contributed by atoms with E-state index in [4.69, 9.17) is 10.9 Å². The molecule has 1 aromatic heterocycles. The zero-order valence-electron chi connectivity index (χ0n) is 10.5. The van der Waals surface area contributed by atoms with Crippen molar-refractivity contribution in [3.8, 4) is 0 Å². The number of aromatic nitrogens is 1. The molecular formula is C13H10F3N3OS. The Morgan fingerprint density at radius 2 is 2.00 bits per heavy atom. The Hall–Kier alpha value is -2.22. The van der Waals surface area contributed by atoms with Gasteiger partial charge in [-0.15, -0.1) is 0 Å². The van der Waals surface area contributed by atoms with Crippen molar-refractivity contribution in [2.45, 2.75) is 16.1 Å². The van der Waals surface area contributed by atoms with Crippen LogP contribution in [0.25, 0.3) is 0 Å². The van der Waals surface area contributed by atoms with Gasteiger partial charge in [0, 0.05) is 16.7 Å². The van der Waals surface area contributed by atoms with Crippen LogP contribution in [0.5, 0.6) is 0 Å². The van der Waals surface area contributed by atoms with Gasteiger partial charge >= 0.3 is 6.18 Å². The van der Waals surface area contributed by atoms with Crippen LogP contribution in [-0.2, 0) is 6.18 Å². The second-order valence-corrected chi connectivity index (χ2v) is 5.05. The summed E-state index contributed by atoms with van der Waals surface area (Å²) in [6.45, 7) is 0. The first-order valence-electron chi connectivity index (χ1n) is 5.70. The van der Waals surface area contributed by atoms with Crippen LogP contribution in [-0.4, -0.2) is 16.0 Å². The Balaban J connectivity index is 2.43. The highest BCUT2D eigenvalue weighted by Gasteiger charge is 2.34. The molecule has 0 unspecified atom stereocenters. The molecule has 0 spiro atoms. The predicted octanol–water partition coefficient (Wildman–Crippen LogP) is 3.35. The van der Waals surface area contributed by atoms with E-state index in [1.807, 2.05) is 0 Å². The maximum absolute atomic E-state index is 13.0. The first-order valence-corrected chi connectivity index (χ1v) is 6.51. The molecule has 0 fully saturated rings. The Labute approximate surface area is 122 Å². The number of nitrogens with two attached hydrogens (primary N) is 1. The molecule has 0 aliphatic carbocycles. The smallest absolute Gasteiger partial charge is 0.409 e. The largest absolute Gasteiger partial charge is 0.417 e. The summed E-state index contributed by atoms with van der Waals surface area (Å²) < 4.78 is 39.1. The lowest BCUT2D eigenvalue weighted by Crippen LogP contribution is -2.20. The van der Waals surface area contributed by atoms with Gasteiger partial charge in [-0.2, -0.15) is 13.2 Å². The van der Waals surface area contributed by atoms with Gasteiger partial charge in [-0.05, 0) is 30.3 Å². The van der Waals surface area contributed by atoms with Crippen LogP contribution in [0.2, 0.25) is 0 Å². The van der Waals surface area contributed by atoms with Gasteiger partial charge in [0.1, 0.15) is 5.03 Å². The van der Waals surface area contributed by atoms with Crippen molar-refractivity contribution in [3.05, 3.63) is 53.7 Å². The van der Waals surface area contributed by atoms with Crippen molar-refractivity contribution in [2.75, 3.05) is 0 Å². The zero-order valence-corrected chi connectivity index (χ0v) is 11.3. The minimum absolute atomic E-state index is 0.357. The first-order chi connectivity index (χ1) is 9.91. The van der Waals surface area contributed by atoms with E-state index in [2.05, 4.69) is 10.1 Å². The molecule has 2 aromatic rings. The Bertz CT molecular complexity index is 659. The third-order valence-electron chi connectivity index (χ3n) is 2.54. The number of pyridine rings is 1. The van der Waals surface area contributed by atoms with Crippen LogP contribution >= 0.6 is 11.8 Å². The zero-order chi connectivity index (χ0) is 15.5. The number of amidine groups is 1. The van der Waals surface area contributed by atoms with Gasteiger partial charge in [0.15, 0.2) is 5.84 Å². The summed E-state index contributed by atoms with van der Waals surface area (Å²) in [5.41, 5.74) is 3.95. The summed E-state index contributed by atoms with van der Waals surface area (Å²) in [7, 11) is 0. The van der Waals surface area contributed by atoms with E-state index in [0.717, 1.165) is 17.8 Å². The highest BCUT2D eigenvalue weighted by atomic mass is 32.2. The van der Waals surface area contributed by atoms with Crippen molar-refractivity contribution in [1.29, 1.82) is 0 Å². The van der Waals surface area contributed by atoms with E-state index < -0.39 is 17.6 Å². The summed E-state index contributed by atoms with van der Waals surface area (Å²) in [6, 6.07) is 8.73. The van der Waals surface area contributed by atoms with E-state index in [-0.39, 0.29) is 5.56 Å². The van der Waals surface area contributed by atoms with Gasteiger partial charge in [-0.3, -0.25) is 0 Å². The molecule has 1 aromatic carbocycles. The van der Waals surface area contributed by atoms with E-state index in [0.29, 0.717) is 9.92 Å². The molecule has 8 heteroatoms. The van der Waals surface area contributed by atoms with E-state index in [1.54, 1.807) is 24.4 Å². The summed E-state index contributed by atoms with van der Waals surface area (Å²) >= 11 is 1.09. The van der Waals surface area contributed by atoms with Crippen LogP contribution in [0.1, 0.15) is 11.1 Å². The van der Waals surface area contributed by atoms with Gasteiger partial charge in [0.25, 0.3) is 0 Å². The number of benzene rings is 1. The molecule has 0 aliphatic heterocycles. The van der Waals surface area contributed by atoms with E-state index in [9.17, 15) is 13.2 Å². The number of oxime groups is 1. The highest BCUT2D eigenvalue weighted by Crippen LogP contribution is 2.36. The van der Waals surface area contributed by atoms with Gasteiger partial charge in [-0.25, -0.2) is 4.98 Å². The van der Waals surface area contributed by atoms with Crippen molar-refractivity contribution in [2.24, 2.45) is 10.9 Å². The molecule has 0 aliphatic rings. The van der Waals surface area contributed by atoms with E-state index >= 15 is 0 Å². The monoisotopic (exact) mass is 313 g/mol. The second kappa shape index (κ2) is 6.04. The van der Waals surface area contributed by atoms with Crippen LogP contribution in [0.4, 0.5) is 13.2 Å². The Morgan fingerprint density at radius 1 is 1.24 bits per heavy atom. The third-order valence-corrected chi connectivity index (χ3v) is 3.48. The number of halogens is 3. The van der Waals surface area contributed by atoms with E-state index in [1.165, 1.54) is 12.1 Å². The fourth-order valence-corrected chi connectivity index (χ4v) is 2.44. The molecule has 0 amide bonds. The average Bonchev–Trinajstić information content (AvgIpc) is 2.46. The Kier molecular flexibility index (Phi) is 4.37. The molecule has 0 bridgehead atoms. The maximum atomic E-state index is 13.0. The van der Waals surface area contributed by atoms with Gasteiger partial charge < -0.3 is 10.9 Å². The summed E-state index contributed by atoms with van der Waals surface area (Å²) in [5.74, 6) is -0.586. The van der Waals surface area contributed by atoms with Gasteiger partial charge in [0.05, 0.1) is 5.56 Å². The number of alkyl halides is 3. The van der Waals surface area contributed by atoms with Crippen LogP contribution in [0.3, 0.4) is 0 Å². The summed E-state index contributed by atoms with van der Waals surface area (Å²) in [4.78, 5) is 4.39. The lowest BCUT2D eigenvalue weighted by atomic mass is 10.1. The average molecular weight is 313 g/mol. The van der Waals surface area contributed by atoms with Crippen molar-refractivity contribution in [1.82, 2.24) is 4.98 Å². The van der Waals surface area contributed by atoms with Crippen LogP contribution < -0.4 is 5.73 Å². The highest BCUT2D eigenvalue weighted by molar-refractivity contribution is 7.99. The maximum Gasteiger partial charge on any atom is 0.417 e. The predicted molar refractivity (Wildman–Crippen MR) is 72.3 cm³/mol. The molecule has 1 heterocycles. The fourth-order valence-electron chi connectivity index (χ4n) is 1.63. The summed E-state index contributed by atoms with van der Waals surface area (Å²) in [6.07, 6.45) is -3.05. The normalized spacial score (nSPS) is 12.4. The first kappa shape index (κ1) is 15.2. The van der Waals surface area contributed by atoms with Gasteiger partial charge in [-0.1, -0.05) is 23.0 Å². The second-order valence-electron chi connectivity index (χ2n) is 3.96. The number of rotatable bonds is 3. The molecule has 110 valence electrons. The molecule has 2 rings (SSSR count). The fraction of sp³-hybridized carbons (Fsp3) is 0.0769. The SMILES string of the molecule is N/C(=N\O)c1ccc(Sc2ccccn2)cc1C(F)(F)F. The molecule has 21 heavy (non-hydrogen) atoms. The van der Waals surface area contributed by atoms with Crippen LogP contribution in [0.15, 0.2) is 57.7 Å². The number of hydrogen-bond donors (Lipinski definition) is 2. The minimum atomic E-state index is -4.61. The minimum Gasteiger partial charge on any atom is -0.409 e. The number of hydrogen-bond acceptors (Lipinski definition) is 4. The lowest BCUT2D eigenvalue weighted by Gasteiger charge is -2.13. The molecule has 3 N–H and O–H groups in total. The third kappa shape index (κ3) is 3.66.